The Bertz CT molecular complexity index is 873. The molecule has 0 saturated carbocycles. The van der Waals surface area contributed by atoms with E-state index in [9.17, 15) is 20.0 Å². The van der Waals surface area contributed by atoms with Crippen molar-refractivity contribution in [3.63, 3.8) is 0 Å². The second kappa shape index (κ2) is 11.2. The number of nitrogens with zero attached hydrogens (tertiary/aromatic N) is 2. The van der Waals surface area contributed by atoms with E-state index in [-0.39, 0.29) is 17.9 Å². The molecule has 0 radical (unpaired) electrons. The van der Waals surface area contributed by atoms with Gasteiger partial charge < -0.3 is 10.4 Å². The lowest BCUT2D eigenvalue weighted by Crippen LogP contribution is -2.18. The van der Waals surface area contributed by atoms with Crippen molar-refractivity contribution in [2.45, 2.75) is 38.2 Å². The first kappa shape index (κ1) is 23.2. The maximum Gasteiger partial charge on any atom is 0.284 e. The summed E-state index contributed by atoms with van der Waals surface area (Å²) < 4.78 is 2.09. The minimum Gasteiger partial charge on any atom is -0.392 e. The number of carbonyl (C=O) groups excluding carboxylic acids is 1. The smallest absolute Gasteiger partial charge is 0.284 e. The zero-order valence-corrected chi connectivity index (χ0v) is 17.9. The molecule has 0 aromatic heterocycles. The van der Waals surface area contributed by atoms with Crippen LogP contribution in [0.2, 0.25) is 5.02 Å². The number of amides is 1. The van der Waals surface area contributed by atoms with Gasteiger partial charge in [0.05, 0.1) is 11.5 Å². The van der Waals surface area contributed by atoms with Gasteiger partial charge in [0.15, 0.2) is 0 Å². The van der Waals surface area contributed by atoms with Gasteiger partial charge in [0, 0.05) is 41.0 Å². The summed E-state index contributed by atoms with van der Waals surface area (Å²) in [5.74, 6) is -0.499. The van der Waals surface area contributed by atoms with Gasteiger partial charge in [-0.2, -0.15) is 0 Å². The SMILES string of the molecule is CCCN(CCC)Sc1ccc(C(=O)Nc2ccc(Cl)cc2CO)cc1[N+](=O)[O-]. The molecule has 29 heavy (non-hydrogen) atoms. The normalized spacial score (nSPS) is 10.9. The maximum absolute atomic E-state index is 12.6. The lowest BCUT2D eigenvalue weighted by molar-refractivity contribution is -0.387. The molecule has 0 aliphatic rings. The summed E-state index contributed by atoms with van der Waals surface area (Å²) in [6, 6.07) is 9.17. The predicted molar refractivity (Wildman–Crippen MR) is 116 cm³/mol. The van der Waals surface area contributed by atoms with Crippen molar-refractivity contribution in [3.8, 4) is 0 Å². The minimum absolute atomic E-state index is 0.113. The molecule has 0 bridgehead atoms. The number of rotatable bonds is 10. The molecule has 2 rings (SSSR count). The molecule has 0 aliphatic carbocycles. The number of anilines is 1. The van der Waals surface area contributed by atoms with Crippen molar-refractivity contribution in [1.29, 1.82) is 0 Å². The number of nitrogens with one attached hydrogen (secondary N) is 1. The number of nitro groups is 1. The molecule has 156 valence electrons. The van der Waals surface area contributed by atoms with Gasteiger partial charge in [-0.15, -0.1) is 0 Å². The highest BCUT2D eigenvalue weighted by molar-refractivity contribution is 7.97. The largest absolute Gasteiger partial charge is 0.392 e. The molecule has 0 fully saturated rings. The van der Waals surface area contributed by atoms with E-state index in [1.807, 2.05) is 0 Å². The van der Waals surface area contributed by atoms with Crippen LogP contribution in [-0.2, 0) is 6.61 Å². The summed E-state index contributed by atoms with van der Waals surface area (Å²) >= 11 is 7.24. The van der Waals surface area contributed by atoms with Crippen LogP contribution in [0.25, 0.3) is 0 Å². The average molecular weight is 438 g/mol. The molecule has 7 nitrogen and oxygen atoms in total. The number of benzene rings is 2. The summed E-state index contributed by atoms with van der Waals surface area (Å²) in [6.45, 7) is 5.46. The number of aliphatic hydroxyl groups is 1. The molecule has 0 aliphatic heterocycles. The number of aliphatic hydroxyl groups excluding tert-OH is 1. The first-order chi connectivity index (χ1) is 13.9. The van der Waals surface area contributed by atoms with Crippen LogP contribution in [0.1, 0.15) is 42.6 Å². The first-order valence-corrected chi connectivity index (χ1v) is 10.5. The molecule has 0 heterocycles. The Morgan fingerprint density at radius 3 is 2.48 bits per heavy atom. The molecule has 1 amide bonds. The van der Waals surface area contributed by atoms with Crippen molar-refractivity contribution in [2.24, 2.45) is 0 Å². The van der Waals surface area contributed by atoms with E-state index in [1.54, 1.807) is 30.3 Å². The van der Waals surface area contributed by atoms with Crippen LogP contribution in [0.3, 0.4) is 0 Å². The van der Waals surface area contributed by atoms with Crippen LogP contribution in [-0.4, -0.2) is 33.3 Å². The number of hydrogen-bond donors (Lipinski definition) is 2. The second-order valence-corrected chi connectivity index (χ2v) is 7.95. The van der Waals surface area contributed by atoms with Crippen LogP contribution >= 0.6 is 23.5 Å². The van der Waals surface area contributed by atoms with Gasteiger partial charge in [-0.1, -0.05) is 25.4 Å². The fraction of sp³-hybridized carbons (Fsp3) is 0.350. The Morgan fingerprint density at radius 2 is 1.90 bits per heavy atom. The lowest BCUT2D eigenvalue weighted by atomic mass is 10.1. The molecule has 0 unspecified atom stereocenters. The Morgan fingerprint density at radius 1 is 1.21 bits per heavy atom. The van der Waals surface area contributed by atoms with Gasteiger partial charge in [-0.05, 0) is 55.1 Å². The van der Waals surface area contributed by atoms with E-state index in [1.165, 1.54) is 18.0 Å². The van der Waals surface area contributed by atoms with Crippen LogP contribution in [0.4, 0.5) is 11.4 Å². The summed E-state index contributed by atoms with van der Waals surface area (Å²) in [4.78, 5) is 24.2. The zero-order chi connectivity index (χ0) is 21.4. The number of carbonyl (C=O) groups is 1. The molecule has 9 heteroatoms. The number of nitro benzene ring substituents is 1. The van der Waals surface area contributed by atoms with Gasteiger partial charge in [0.1, 0.15) is 4.90 Å². The Labute approximate surface area is 179 Å². The van der Waals surface area contributed by atoms with E-state index in [0.29, 0.717) is 21.2 Å². The molecular formula is C20H24ClN3O4S. The van der Waals surface area contributed by atoms with Crippen LogP contribution in [0, 0.1) is 10.1 Å². The molecule has 0 atom stereocenters. The fourth-order valence-electron chi connectivity index (χ4n) is 2.73. The molecule has 2 aromatic carbocycles. The highest BCUT2D eigenvalue weighted by Crippen LogP contribution is 2.33. The maximum atomic E-state index is 12.6. The van der Waals surface area contributed by atoms with Crippen molar-refractivity contribution < 1.29 is 14.8 Å². The highest BCUT2D eigenvalue weighted by atomic mass is 35.5. The van der Waals surface area contributed by atoms with Gasteiger partial charge in [-0.3, -0.25) is 14.9 Å². The fourth-order valence-corrected chi connectivity index (χ4v) is 4.11. The summed E-state index contributed by atoms with van der Waals surface area (Å²) in [5.41, 5.74) is 0.915. The Kier molecular flexibility index (Phi) is 8.91. The van der Waals surface area contributed by atoms with Crippen LogP contribution in [0.15, 0.2) is 41.3 Å². The third kappa shape index (κ3) is 6.43. The highest BCUT2D eigenvalue weighted by Gasteiger charge is 2.20. The lowest BCUT2D eigenvalue weighted by Gasteiger charge is -2.19. The zero-order valence-electron chi connectivity index (χ0n) is 16.4. The van der Waals surface area contributed by atoms with Gasteiger partial charge in [0.25, 0.3) is 11.6 Å². The van der Waals surface area contributed by atoms with Crippen molar-refractivity contribution in [2.75, 3.05) is 18.4 Å². The predicted octanol–water partition coefficient (Wildman–Crippen LogP) is 5.12. The molecular weight excluding hydrogens is 414 g/mol. The van der Waals surface area contributed by atoms with Gasteiger partial charge in [0.2, 0.25) is 0 Å². The minimum atomic E-state index is -0.499. The summed E-state index contributed by atoms with van der Waals surface area (Å²) in [5, 5.41) is 24.1. The van der Waals surface area contributed by atoms with Crippen LogP contribution in [0.5, 0.6) is 0 Å². The van der Waals surface area contributed by atoms with Gasteiger partial charge in [-0.25, -0.2) is 4.31 Å². The first-order valence-electron chi connectivity index (χ1n) is 9.31. The number of halogens is 1. The van der Waals surface area contributed by atoms with E-state index in [0.717, 1.165) is 25.9 Å². The quantitative estimate of drug-likeness (QED) is 0.304. The van der Waals surface area contributed by atoms with Crippen molar-refractivity contribution >= 4 is 40.8 Å². The standard InChI is InChI=1S/C20H24ClN3O4S/c1-3-9-23(10-4-2)29-19-8-5-14(12-18(19)24(27)28)20(26)22-17-7-6-16(21)11-15(17)13-25/h5-8,11-12,25H,3-4,9-10,13H2,1-2H3,(H,22,26). The molecule has 2 aromatic rings. The second-order valence-electron chi connectivity index (χ2n) is 6.37. The topological polar surface area (TPSA) is 95.7 Å². The molecule has 0 saturated heterocycles. The van der Waals surface area contributed by atoms with Gasteiger partial charge >= 0.3 is 0 Å². The van der Waals surface area contributed by atoms with Crippen LogP contribution < -0.4 is 5.32 Å². The Balaban J connectivity index is 2.27. The van der Waals surface area contributed by atoms with E-state index < -0.39 is 10.8 Å². The summed E-state index contributed by atoms with van der Waals surface area (Å²) in [6.07, 6.45) is 1.88. The van der Waals surface area contributed by atoms with Crippen molar-refractivity contribution in [3.05, 3.63) is 62.7 Å². The third-order valence-corrected chi connectivity index (χ3v) is 5.48. The molecule has 0 spiro atoms. The van der Waals surface area contributed by atoms with Crippen molar-refractivity contribution in [1.82, 2.24) is 4.31 Å². The van der Waals surface area contributed by atoms with E-state index >= 15 is 0 Å². The summed E-state index contributed by atoms with van der Waals surface area (Å²) in [7, 11) is 0. The molecule has 2 N–H and O–H groups in total. The third-order valence-electron chi connectivity index (χ3n) is 4.08. The van der Waals surface area contributed by atoms with E-state index in [4.69, 9.17) is 11.6 Å². The average Bonchev–Trinajstić information content (AvgIpc) is 2.69. The van der Waals surface area contributed by atoms with E-state index in [2.05, 4.69) is 23.5 Å². The number of hydrogen-bond acceptors (Lipinski definition) is 6. The monoisotopic (exact) mass is 437 g/mol. The Hall–Kier alpha value is -2.13.